The van der Waals surface area contributed by atoms with Gasteiger partial charge in [0.15, 0.2) is 5.78 Å². The topological polar surface area (TPSA) is 34.9 Å². The first-order chi connectivity index (χ1) is 7.75. The molecule has 0 bridgehead atoms. The summed E-state index contributed by atoms with van der Waals surface area (Å²) in [6.07, 6.45) is 5.91. The highest BCUT2D eigenvalue weighted by molar-refractivity contribution is 7.09. The first-order valence-corrected chi connectivity index (χ1v) is 6.18. The molecular weight excluding hydrogens is 220 g/mol. The highest BCUT2D eigenvalue weighted by Gasteiger charge is 2.07. The molecule has 0 N–H and O–H groups in total. The monoisotopic (exact) mass is 234 g/mol. The molecule has 0 amide bonds. The van der Waals surface area contributed by atoms with Crippen LogP contribution in [0.25, 0.3) is 0 Å². The number of nitrogens with zero attached hydrogens (tertiary/aromatic N) is 2. The maximum Gasteiger partial charge on any atom is 0.166 e. The fourth-order valence-corrected chi connectivity index (χ4v) is 2.34. The van der Waals surface area contributed by atoms with Gasteiger partial charge in [-0.25, -0.2) is 0 Å². The van der Waals surface area contributed by atoms with Crippen LogP contribution in [-0.4, -0.2) is 15.6 Å². The molecule has 2 aromatic heterocycles. The smallest absolute Gasteiger partial charge is 0.166 e. The third kappa shape index (κ3) is 2.79. The van der Waals surface area contributed by atoms with E-state index in [0.29, 0.717) is 12.0 Å². The third-order valence-corrected chi connectivity index (χ3v) is 3.37. The van der Waals surface area contributed by atoms with Crippen molar-refractivity contribution >= 4 is 17.1 Å². The number of aryl methyl sites for hydroxylation is 2. The van der Waals surface area contributed by atoms with Gasteiger partial charge in [-0.1, -0.05) is 6.07 Å². The Kier molecular flexibility index (Phi) is 3.51. The fourth-order valence-electron chi connectivity index (χ4n) is 1.59. The van der Waals surface area contributed by atoms with Crippen LogP contribution < -0.4 is 0 Å². The van der Waals surface area contributed by atoms with Gasteiger partial charge in [-0.2, -0.15) is 5.10 Å². The zero-order chi connectivity index (χ0) is 11.4. The molecule has 0 spiro atoms. The van der Waals surface area contributed by atoms with Gasteiger partial charge >= 0.3 is 0 Å². The fraction of sp³-hybridized carbons (Fsp3) is 0.333. The Morgan fingerprint density at radius 1 is 1.56 bits per heavy atom. The lowest BCUT2D eigenvalue weighted by Crippen LogP contribution is -1.98. The number of thiophene rings is 1. The van der Waals surface area contributed by atoms with E-state index >= 15 is 0 Å². The molecule has 16 heavy (non-hydrogen) atoms. The van der Waals surface area contributed by atoms with Gasteiger partial charge in [0.05, 0.1) is 11.8 Å². The SMILES string of the molecule is Cn1cc(C(=O)CCCc2cccs2)cn1. The summed E-state index contributed by atoms with van der Waals surface area (Å²) in [5, 5.41) is 6.06. The van der Waals surface area contributed by atoms with Crippen LogP contribution in [0.4, 0.5) is 0 Å². The van der Waals surface area contributed by atoms with Crippen molar-refractivity contribution in [1.82, 2.24) is 9.78 Å². The molecule has 2 aromatic rings. The maximum absolute atomic E-state index is 11.7. The average Bonchev–Trinajstić information content (AvgIpc) is 2.89. The molecule has 4 heteroatoms. The van der Waals surface area contributed by atoms with Gasteiger partial charge in [-0.05, 0) is 24.3 Å². The Morgan fingerprint density at radius 3 is 3.06 bits per heavy atom. The molecule has 0 unspecified atom stereocenters. The van der Waals surface area contributed by atoms with Gasteiger partial charge in [0.1, 0.15) is 0 Å². The van der Waals surface area contributed by atoms with Crippen LogP contribution in [0.5, 0.6) is 0 Å². The molecule has 3 nitrogen and oxygen atoms in total. The van der Waals surface area contributed by atoms with Crippen LogP contribution in [0, 0.1) is 0 Å². The highest BCUT2D eigenvalue weighted by atomic mass is 32.1. The zero-order valence-electron chi connectivity index (χ0n) is 9.22. The van der Waals surface area contributed by atoms with E-state index in [9.17, 15) is 4.79 Å². The molecular formula is C12H14N2OS. The number of carbonyl (C=O) groups is 1. The predicted octanol–water partition coefficient (Wildman–Crippen LogP) is 2.69. The second kappa shape index (κ2) is 5.07. The molecule has 84 valence electrons. The lowest BCUT2D eigenvalue weighted by atomic mass is 10.1. The van der Waals surface area contributed by atoms with E-state index in [2.05, 4.69) is 16.5 Å². The van der Waals surface area contributed by atoms with Gasteiger partial charge in [0.2, 0.25) is 0 Å². The molecule has 0 fully saturated rings. The third-order valence-electron chi connectivity index (χ3n) is 2.43. The van der Waals surface area contributed by atoms with Crippen molar-refractivity contribution in [3.05, 3.63) is 40.3 Å². The molecule has 0 saturated carbocycles. The standard InChI is InChI=1S/C12H14N2OS/c1-14-9-10(8-13-14)12(15)6-2-4-11-5-3-7-16-11/h3,5,7-9H,2,4,6H2,1H3. The number of ketones is 1. The molecule has 0 aromatic carbocycles. The van der Waals surface area contributed by atoms with Crippen molar-refractivity contribution in [2.45, 2.75) is 19.3 Å². The van der Waals surface area contributed by atoms with Crippen molar-refractivity contribution in [3.63, 3.8) is 0 Å². The summed E-state index contributed by atoms with van der Waals surface area (Å²) >= 11 is 1.75. The average molecular weight is 234 g/mol. The Labute approximate surface area is 98.7 Å². The van der Waals surface area contributed by atoms with Crippen LogP contribution in [0.3, 0.4) is 0 Å². The predicted molar refractivity (Wildman–Crippen MR) is 64.8 cm³/mol. The van der Waals surface area contributed by atoms with Gasteiger partial charge in [-0.3, -0.25) is 9.48 Å². The number of Topliss-reactive ketones (excluding diaryl/α,β-unsaturated/α-hetero) is 1. The summed E-state index contributed by atoms with van der Waals surface area (Å²) in [4.78, 5) is 13.1. The first kappa shape index (κ1) is 11.1. The number of hydrogen-bond acceptors (Lipinski definition) is 3. The van der Waals surface area contributed by atoms with Crippen molar-refractivity contribution in [2.24, 2.45) is 7.05 Å². The number of aromatic nitrogens is 2. The highest BCUT2D eigenvalue weighted by Crippen LogP contribution is 2.13. The largest absolute Gasteiger partial charge is 0.294 e. The number of carbonyl (C=O) groups excluding carboxylic acids is 1. The number of rotatable bonds is 5. The summed E-state index contributed by atoms with van der Waals surface area (Å²) in [5.74, 6) is 0.185. The van der Waals surface area contributed by atoms with E-state index in [4.69, 9.17) is 0 Å². The lowest BCUT2D eigenvalue weighted by Gasteiger charge is -1.97. The molecule has 0 saturated heterocycles. The summed E-state index contributed by atoms with van der Waals surface area (Å²) in [5.41, 5.74) is 0.716. The van der Waals surface area contributed by atoms with Crippen LogP contribution in [-0.2, 0) is 13.5 Å². The van der Waals surface area contributed by atoms with Crippen molar-refractivity contribution in [2.75, 3.05) is 0 Å². The Morgan fingerprint density at radius 2 is 2.44 bits per heavy atom. The summed E-state index contributed by atoms with van der Waals surface area (Å²) in [7, 11) is 1.82. The quantitative estimate of drug-likeness (QED) is 0.745. The lowest BCUT2D eigenvalue weighted by molar-refractivity contribution is 0.0980. The first-order valence-electron chi connectivity index (χ1n) is 5.30. The minimum Gasteiger partial charge on any atom is -0.294 e. The van der Waals surface area contributed by atoms with E-state index in [1.807, 2.05) is 13.1 Å². The number of hydrogen-bond donors (Lipinski definition) is 0. The second-order valence-electron chi connectivity index (χ2n) is 3.76. The van der Waals surface area contributed by atoms with Gasteiger partial charge in [0, 0.05) is 24.5 Å². The second-order valence-corrected chi connectivity index (χ2v) is 4.79. The van der Waals surface area contributed by atoms with E-state index < -0.39 is 0 Å². The van der Waals surface area contributed by atoms with Gasteiger partial charge in [0.25, 0.3) is 0 Å². The maximum atomic E-state index is 11.7. The zero-order valence-corrected chi connectivity index (χ0v) is 10.0. The van der Waals surface area contributed by atoms with E-state index in [-0.39, 0.29) is 5.78 Å². The van der Waals surface area contributed by atoms with Crippen molar-refractivity contribution in [1.29, 1.82) is 0 Å². The Hall–Kier alpha value is -1.42. The molecule has 2 rings (SSSR count). The molecule has 2 heterocycles. The summed E-state index contributed by atoms with van der Waals surface area (Å²) in [6.45, 7) is 0. The molecule has 0 atom stereocenters. The Balaban J connectivity index is 1.80. The van der Waals surface area contributed by atoms with Crippen molar-refractivity contribution in [3.8, 4) is 0 Å². The van der Waals surface area contributed by atoms with Crippen LogP contribution in [0.1, 0.15) is 28.1 Å². The molecule has 0 radical (unpaired) electrons. The van der Waals surface area contributed by atoms with Crippen molar-refractivity contribution < 1.29 is 4.79 Å². The minimum atomic E-state index is 0.185. The Bertz CT molecular complexity index is 459. The van der Waals surface area contributed by atoms with Crippen LogP contribution in [0.2, 0.25) is 0 Å². The van der Waals surface area contributed by atoms with Gasteiger partial charge < -0.3 is 0 Å². The summed E-state index contributed by atoms with van der Waals surface area (Å²) < 4.78 is 1.66. The molecule has 0 aliphatic carbocycles. The normalized spacial score (nSPS) is 10.6. The van der Waals surface area contributed by atoms with Crippen LogP contribution >= 0.6 is 11.3 Å². The summed E-state index contributed by atoms with van der Waals surface area (Å²) in [6, 6.07) is 4.15. The van der Waals surface area contributed by atoms with Crippen LogP contribution in [0.15, 0.2) is 29.9 Å². The van der Waals surface area contributed by atoms with E-state index in [1.54, 1.807) is 28.4 Å². The molecule has 0 aliphatic heterocycles. The van der Waals surface area contributed by atoms with E-state index in [0.717, 1.165) is 12.8 Å². The minimum absolute atomic E-state index is 0.185. The van der Waals surface area contributed by atoms with Gasteiger partial charge in [-0.15, -0.1) is 11.3 Å². The van der Waals surface area contributed by atoms with E-state index in [1.165, 1.54) is 4.88 Å². The molecule has 0 aliphatic rings.